The van der Waals surface area contributed by atoms with E-state index in [1.54, 1.807) is 0 Å². The van der Waals surface area contributed by atoms with E-state index < -0.39 is 30.2 Å². The van der Waals surface area contributed by atoms with Gasteiger partial charge in [0.25, 0.3) is 0 Å². The molecule has 0 saturated heterocycles. The second-order valence-electron chi connectivity index (χ2n) is 2.94. The highest BCUT2D eigenvalue weighted by Gasteiger charge is 2.45. The van der Waals surface area contributed by atoms with Crippen LogP contribution in [0.4, 0.5) is 13.2 Å². The van der Waals surface area contributed by atoms with E-state index in [0.29, 0.717) is 7.05 Å². The van der Waals surface area contributed by atoms with Crippen LogP contribution in [0.3, 0.4) is 0 Å². The SMILES string of the molecule is CC(O)C(C(=O)O)N(C)C(=O)C(F)(F)F. The Balaban J connectivity index is 4.88. The topological polar surface area (TPSA) is 77.8 Å². The number of aliphatic hydroxyl groups excluding tert-OH is 1. The van der Waals surface area contributed by atoms with Gasteiger partial charge in [-0.15, -0.1) is 0 Å². The number of rotatable bonds is 3. The van der Waals surface area contributed by atoms with E-state index in [1.165, 1.54) is 0 Å². The molecule has 0 rings (SSSR count). The monoisotopic (exact) mass is 229 g/mol. The second-order valence-corrected chi connectivity index (χ2v) is 2.94. The van der Waals surface area contributed by atoms with Gasteiger partial charge in [0, 0.05) is 7.05 Å². The van der Waals surface area contributed by atoms with Crippen molar-refractivity contribution in [1.82, 2.24) is 4.90 Å². The smallest absolute Gasteiger partial charge is 0.471 e. The highest BCUT2D eigenvalue weighted by molar-refractivity contribution is 5.87. The number of alkyl halides is 3. The quantitative estimate of drug-likeness (QED) is 0.705. The molecule has 0 aromatic carbocycles. The van der Waals surface area contributed by atoms with E-state index in [2.05, 4.69) is 0 Å². The van der Waals surface area contributed by atoms with Crippen LogP contribution in [0.1, 0.15) is 6.92 Å². The maximum absolute atomic E-state index is 11.9. The average Bonchev–Trinajstić information content (AvgIpc) is 1.99. The number of likely N-dealkylation sites (N-methyl/N-ethyl adjacent to an activating group) is 1. The molecule has 0 aliphatic heterocycles. The van der Waals surface area contributed by atoms with E-state index in [9.17, 15) is 22.8 Å². The highest BCUT2D eigenvalue weighted by Crippen LogP contribution is 2.19. The Hall–Kier alpha value is -1.31. The fourth-order valence-corrected chi connectivity index (χ4v) is 1.02. The normalized spacial score (nSPS) is 15.6. The van der Waals surface area contributed by atoms with Gasteiger partial charge in [0.2, 0.25) is 0 Å². The maximum Gasteiger partial charge on any atom is 0.471 e. The Morgan fingerprint density at radius 3 is 1.93 bits per heavy atom. The zero-order chi connectivity index (χ0) is 12.4. The number of nitrogens with zero attached hydrogens (tertiary/aromatic N) is 1. The van der Waals surface area contributed by atoms with Crippen molar-refractivity contribution in [2.75, 3.05) is 7.05 Å². The summed E-state index contributed by atoms with van der Waals surface area (Å²) in [5.41, 5.74) is 0. The molecule has 0 heterocycles. The molecule has 0 radical (unpaired) electrons. The van der Waals surface area contributed by atoms with Gasteiger partial charge in [-0.05, 0) is 6.92 Å². The molecule has 8 heteroatoms. The number of halogens is 3. The summed E-state index contributed by atoms with van der Waals surface area (Å²) in [5.74, 6) is -4.01. The van der Waals surface area contributed by atoms with Gasteiger partial charge >= 0.3 is 18.1 Å². The first-order valence-electron chi connectivity index (χ1n) is 3.84. The van der Waals surface area contributed by atoms with Gasteiger partial charge in [0.15, 0.2) is 6.04 Å². The fraction of sp³-hybridized carbons (Fsp3) is 0.714. The lowest BCUT2D eigenvalue weighted by Gasteiger charge is -2.27. The summed E-state index contributed by atoms with van der Waals surface area (Å²) in [4.78, 5) is 21.1. The lowest BCUT2D eigenvalue weighted by molar-refractivity contribution is -0.190. The number of amides is 1. The van der Waals surface area contributed by atoms with E-state index in [0.717, 1.165) is 6.92 Å². The lowest BCUT2D eigenvalue weighted by Crippen LogP contribution is -2.52. The predicted octanol–water partition coefficient (Wildman–Crippen LogP) is -0.159. The van der Waals surface area contributed by atoms with Crippen molar-refractivity contribution < 1.29 is 33.0 Å². The first-order chi connectivity index (χ1) is 6.59. The van der Waals surface area contributed by atoms with Crippen LogP contribution >= 0.6 is 0 Å². The van der Waals surface area contributed by atoms with Crippen LogP contribution in [0.15, 0.2) is 0 Å². The molecule has 0 aromatic heterocycles. The average molecular weight is 229 g/mol. The second kappa shape index (κ2) is 4.47. The number of carboxylic acid groups (broad SMARTS) is 1. The third kappa shape index (κ3) is 3.39. The standard InChI is InChI=1S/C7H10F3NO4/c1-3(12)4(5(13)14)11(2)6(15)7(8,9)10/h3-4,12H,1-2H3,(H,13,14). The summed E-state index contributed by atoms with van der Waals surface area (Å²) in [6.07, 6.45) is -6.75. The Morgan fingerprint density at radius 2 is 1.73 bits per heavy atom. The molecule has 0 aromatic rings. The number of hydrogen-bond acceptors (Lipinski definition) is 3. The molecule has 1 amide bonds. The number of aliphatic carboxylic acids is 1. The highest BCUT2D eigenvalue weighted by atomic mass is 19.4. The van der Waals surface area contributed by atoms with Crippen LogP contribution in [-0.4, -0.2) is 52.4 Å². The van der Waals surface area contributed by atoms with E-state index in [4.69, 9.17) is 10.2 Å². The fourth-order valence-electron chi connectivity index (χ4n) is 1.02. The molecule has 0 spiro atoms. The van der Waals surface area contributed by atoms with Gasteiger partial charge in [-0.25, -0.2) is 4.79 Å². The summed E-state index contributed by atoms with van der Waals surface area (Å²) >= 11 is 0. The van der Waals surface area contributed by atoms with Crippen LogP contribution in [-0.2, 0) is 9.59 Å². The number of aliphatic hydroxyl groups is 1. The molecule has 15 heavy (non-hydrogen) atoms. The molecular weight excluding hydrogens is 219 g/mol. The molecule has 5 nitrogen and oxygen atoms in total. The van der Waals surface area contributed by atoms with Crippen LogP contribution in [0, 0.1) is 0 Å². The lowest BCUT2D eigenvalue weighted by atomic mass is 10.1. The van der Waals surface area contributed by atoms with Crippen molar-refractivity contribution in [1.29, 1.82) is 0 Å². The summed E-state index contributed by atoms with van der Waals surface area (Å²) in [7, 11) is 0.668. The van der Waals surface area contributed by atoms with Crippen molar-refractivity contribution in [2.24, 2.45) is 0 Å². The number of carbonyl (C=O) groups is 2. The number of carboxylic acids is 1. The van der Waals surface area contributed by atoms with Gasteiger partial charge in [-0.1, -0.05) is 0 Å². The number of carbonyl (C=O) groups excluding carboxylic acids is 1. The van der Waals surface area contributed by atoms with Crippen LogP contribution in [0.2, 0.25) is 0 Å². The zero-order valence-electron chi connectivity index (χ0n) is 7.95. The molecule has 0 aliphatic carbocycles. The van der Waals surface area contributed by atoms with Gasteiger partial charge in [-0.3, -0.25) is 4.79 Å². The summed E-state index contributed by atoms with van der Waals surface area (Å²) in [6.45, 7) is 0.985. The molecule has 88 valence electrons. The summed E-state index contributed by atoms with van der Waals surface area (Å²) < 4.78 is 35.8. The van der Waals surface area contributed by atoms with Crippen LogP contribution in [0.25, 0.3) is 0 Å². The first kappa shape index (κ1) is 13.7. The van der Waals surface area contributed by atoms with Crippen molar-refractivity contribution in [3.8, 4) is 0 Å². The van der Waals surface area contributed by atoms with Gasteiger partial charge in [0.1, 0.15) is 0 Å². The zero-order valence-corrected chi connectivity index (χ0v) is 7.95. The minimum atomic E-state index is -5.16. The third-order valence-corrected chi connectivity index (χ3v) is 1.69. The van der Waals surface area contributed by atoms with Crippen molar-refractivity contribution in [3.05, 3.63) is 0 Å². The van der Waals surface area contributed by atoms with Gasteiger partial charge in [-0.2, -0.15) is 13.2 Å². The van der Waals surface area contributed by atoms with Crippen LogP contribution in [0.5, 0.6) is 0 Å². The summed E-state index contributed by atoms with van der Waals surface area (Å²) in [6, 6.07) is -1.92. The molecule has 2 N–H and O–H groups in total. The van der Waals surface area contributed by atoms with E-state index >= 15 is 0 Å². The molecule has 2 unspecified atom stereocenters. The van der Waals surface area contributed by atoms with Gasteiger partial charge in [0.05, 0.1) is 6.10 Å². The predicted molar refractivity (Wildman–Crippen MR) is 41.9 cm³/mol. The minimum Gasteiger partial charge on any atom is -0.480 e. The molecule has 0 saturated carbocycles. The van der Waals surface area contributed by atoms with Crippen molar-refractivity contribution >= 4 is 11.9 Å². The summed E-state index contributed by atoms with van der Waals surface area (Å²) in [5, 5.41) is 17.4. The molecular formula is C7H10F3NO4. The van der Waals surface area contributed by atoms with E-state index in [1.807, 2.05) is 0 Å². The maximum atomic E-state index is 11.9. The largest absolute Gasteiger partial charge is 0.480 e. The minimum absolute atomic E-state index is 0.0486. The van der Waals surface area contributed by atoms with Gasteiger partial charge < -0.3 is 15.1 Å². The van der Waals surface area contributed by atoms with Crippen molar-refractivity contribution in [2.45, 2.75) is 25.2 Å². The number of hydrogen-bond donors (Lipinski definition) is 2. The molecule has 0 fully saturated rings. The first-order valence-corrected chi connectivity index (χ1v) is 3.84. The Labute approximate surface area is 83.1 Å². The third-order valence-electron chi connectivity index (χ3n) is 1.69. The molecule has 0 bridgehead atoms. The Morgan fingerprint density at radius 1 is 1.33 bits per heavy atom. The van der Waals surface area contributed by atoms with Crippen molar-refractivity contribution in [3.63, 3.8) is 0 Å². The molecule has 0 aliphatic rings. The molecule has 2 atom stereocenters. The Bertz CT molecular complexity index is 263. The Kier molecular flexibility index (Phi) is 4.08. The van der Waals surface area contributed by atoms with Crippen LogP contribution < -0.4 is 0 Å². The van der Waals surface area contributed by atoms with E-state index in [-0.39, 0.29) is 4.90 Å².